The largest absolute Gasteiger partial charge is 0.465 e. The van der Waals surface area contributed by atoms with Crippen LogP contribution in [0.2, 0.25) is 5.02 Å². The third kappa shape index (κ3) is 7.21. The number of esters is 1. The number of nitrogens with zero attached hydrogens (tertiary/aromatic N) is 3. The van der Waals surface area contributed by atoms with E-state index in [-0.39, 0.29) is 23.5 Å². The Labute approximate surface area is 224 Å². The molecule has 3 aromatic rings. The Morgan fingerprint density at radius 2 is 1.92 bits per heavy atom. The summed E-state index contributed by atoms with van der Waals surface area (Å²) in [5.41, 5.74) is 1.18. The zero-order chi connectivity index (χ0) is 26.9. The van der Waals surface area contributed by atoms with E-state index < -0.39 is 12.0 Å². The number of hydrogen-bond acceptors (Lipinski definition) is 7. The van der Waals surface area contributed by atoms with Crippen LogP contribution in [0.4, 0.5) is 5.69 Å². The van der Waals surface area contributed by atoms with E-state index in [9.17, 15) is 14.4 Å². The van der Waals surface area contributed by atoms with Crippen molar-refractivity contribution in [3.63, 3.8) is 0 Å². The lowest BCUT2D eigenvalue weighted by molar-refractivity contribution is -0.113. The number of carbonyl (C=O) groups excluding carboxylic acids is 3. The van der Waals surface area contributed by atoms with Gasteiger partial charge in [0.15, 0.2) is 11.0 Å². The molecular formula is C26H28ClN5O4S. The lowest BCUT2D eigenvalue weighted by Gasteiger charge is -2.23. The standard InChI is InChI=1S/C26H28ClN5O4S/c1-5-13-32-23(22(16(2)3)29-24(34)19-11-6-7-12-20(19)27)30-31-26(32)37-15-21(33)28-18-10-8-9-17(14-18)25(35)36-4/h5-12,14,16,22H,1,13,15H2,2-4H3,(H,28,33)(H,29,34)/t22-/m1/s1. The number of rotatable bonds is 11. The van der Waals surface area contributed by atoms with Gasteiger partial charge < -0.3 is 19.9 Å². The zero-order valence-electron chi connectivity index (χ0n) is 20.7. The molecule has 0 aliphatic carbocycles. The van der Waals surface area contributed by atoms with Crippen molar-refractivity contribution in [3.8, 4) is 0 Å². The number of allylic oxidation sites excluding steroid dienone is 1. The quantitative estimate of drug-likeness (QED) is 0.204. The zero-order valence-corrected chi connectivity index (χ0v) is 22.3. The molecular weight excluding hydrogens is 514 g/mol. The molecule has 1 aromatic heterocycles. The molecule has 1 heterocycles. The van der Waals surface area contributed by atoms with Crippen molar-refractivity contribution in [3.05, 3.63) is 83.2 Å². The minimum Gasteiger partial charge on any atom is -0.465 e. The van der Waals surface area contributed by atoms with Gasteiger partial charge in [-0.2, -0.15) is 0 Å². The Morgan fingerprint density at radius 3 is 2.59 bits per heavy atom. The molecule has 0 spiro atoms. The molecule has 11 heteroatoms. The topological polar surface area (TPSA) is 115 Å². The number of carbonyl (C=O) groups is 3. The number of amides is 2. The van der Waals surface area contributed by atoms with Gasteiger partial charge in [0.2, 0.25) is 5.91 Å². The van der Waals surface area contributed by atoms with E-state index >= 15 is 0 Å². The molecule has 37 heavy (non-hydrogen) atoms. The maximum Gasteiger partial charge on any atom is 0.337 e. The third-order valence-electron chi connectivity index (χ3n) is 5.31. The fraction of sp³-hybridized carbons (Fsp3) is 0.269. The molecule has 0 bridgehead atoms. The van der Waals surface area contributed by atoms with Crippen LogP contribution >= 0.6 is 23.4 Å². The summed E-state index contributed by atoms with van der Waals surface area (Å²) in [5, 5.41) is 15.3. The first-order chi connectivity index (χ1) is 17.7. The van der Waals surface area contributed by atoms with Gasteiger partial charge >= 0.3 is 5.97 Å². The van der Waals surface area contributed by atoms with Crippen molar-refractivity contribution in [1.29, 1.82) is 0 Å². The molecule has 0 fully saturated rings. The van der Waals surface area contributed by atoms with Crippen LogP contribution in [0.15, 0.2) is 66.3 Å². The van der Waals surface area contributed by atoms with E-state index in [4.69, 9.17) is 16.3 Å². The highest BCUT2D eigenvalue weighted by Gasteiger charge is 2.27. The molecule has 9 nitrogen and oxygen atoms in total. The van der Waals surface area contributed by atoms with Gasteiger partial charge in [-0.25, -0.2) is 4.79 Å². The number of benzene rings is 2. The van der Waals surface area contributed by atoms with Gasteiger partial charge in [0.25, 0.3) is 5.91 Å². The molecule has 0 unspecified atom stereocenters. The van der Waals surface area contributed by atoms with Crippen molar-refractivity contribution in [2.75, 3.05) is 18.2 Å². The number of hydrogen-bond donors (Lipinski definition) is 2. The van der Waals surface area contributed by atoms with Crippen molar-refractivity contribution >= 4 is 46.8 Å². The number of aromatic nitrogens is 3. The smallest absolute Gasteiger partial charge is 0.337 e. The highest BCUT2D eigenvalue weighted by atomic mass is 35.5. The SMILES string of the molecule is C=CCn1c(SCC(=O)Nc2cccc(C(=O)OC)c2)nnc1[C@H](NC(=O)c1ccccc1Cl)C(C)C. The van der Waals surface area contributed by atoms with Gasteiger partial charge in [0.1, 0.15) is 0 Å². The molecule has 0 aliphatic heterocycles. The van der Waals surface area contributed by atoms with Gasteiger partial charge in [0.05, 0.1) is 35.1 Å². The summed E-state index contributed by atoms with van der Waals surface area (Å²) in [4.78, 5) is 37.3. The average Bonchev–Trinajstić information content (AvgIpc) is 3.27. The van der Waals surface area contributed by atoms with Crippen molar-refractivity contribution < 1.29 is 19.1 Å². The van der Waals surface area contributed by atoms with E-state index in [1.54, 1.807) is 54.6 Å². The highest BCUT2D eigenvalue weighted by molar-refractivity contribution is 7.99. The highest BCUT2D eigenvalue weighted by Crippen LogP contribution is 2.26. The molecule has 0 aliphatic rings. The number of ether oxygens (including phenoxy) is 1. The minimum atomic E-state index is -0.489. The lowest BCUT2D eigenvalue weighted by Crippen LogP contribution is -2.34. The number of methoxy groups -OCH3 is 1. The Hall–Kier alpha value is -3.63. The van der Waals surface area contributed by atoms with Gasteiger partial charge in [-0.1, -0.05) is 61.5 Å². The van der Waals surface area contributed by atoms with Crippen molar-refractivity contribution in [2.45, 2.75) is 31.6 Å². The summed E-state index contributed by atoms with van der Waals surface area (Å²) in [7, 11) is 1.30. The van der Waals surface area contributed by atoms with Crippen LogP contribution in [0.25, 0.3) is 0 Å². The van der Waals surface area contributed by atoms with Gasteiger partial charge in [-0.05, 0) is 36.2 Å². The number of nitrogens with one attached hydrogen (secondary N) is 2. The summed E-state index contributed by atoms with van der Waals surface area (Å²) < 4.78 is 6.54. The number of anilines is 1. The van der Waals surface area contributed by atoms with Crippen LogP contribution in [0.1, 0.15) is 46.4 Å². The van der Waals surface area contributed by atoms with E-state index in [1.807, 2.05) is 18.4 Å². The van der Waals surface area contributed by atoms with Crippen molar-refractivity contribution in [1.82, 2.24) is 20.1 Å². The van der Waals surface area contributed by atoms with Crippen LogP contribution < -0.4 is 10.6 Å². The fourth-order valence-electron chi connectivity index (χ4n) is 3.50. The normalized spacial score (nSPS) is 11.6. The number of thioether (sulfide) groups is 1. The van der Waals surface area contributed by atoms with Crippen molar-refractivity contribution in [2.24, 2.45) is 5.92 Å². The molecule has 3 rings (SSSR count). The predicted octanol–water partition coefficient (Wildman–Crippen LogP) is 4.76. The summed E-state index contributed by atoms with van der Waals surface area (Å²) in [6, 6.07) is 12.9. The van der Waals surface area contributed by atoms with Crippen LogP contribution in [0.5, 0.6) is 0 Å². The molecule has 1 atom stereocenters. The molecule has 2 amide bonds. The van der Waals surface area contributed by atoms with E-state index in [0.29, 0.717) is 39.4 Å². The Balaban J connectivity index is 1.74. The molecule has 194 valence electrons. The van der Waals surface area contributed by atoms with Gasteiger partial charge in [-0.3, -0.25) is 9.59 Å². The summed E-state index contributed by atoms with van der Waals surface area (Å²) in [5.74, 6) is -0.506. The van der Waals surface area contributed by atoms with E-state index in [0.717, 1.165) is 0 Å². The monoisotopic (exact) mass is 541 g/mol. The maximum atomic E-state index is 12.9. The van der Waals surface area contributed by atoms with Crippen LogP contribution in [-0.2, 0) is 16.1 Å². The molecule has 0 saturated heterocycles. The maximum absolute atomic E-state index is 12.9. The van der Waals surface area contributed by atoms with Crippen LogP contribution in [0.3, 0.4) is 0 Å². The Kier molecular flexibility index (Phi) is 9.87. The minimum absolute atomic E-state index is 0.0116. The predicted molar refractivity (Wildman–Crippen MR) is 144 cm³/mol. The fourth-order valence-corrected chi connectivity index (χ4v) is 4.48. The van der Waals surface area contributed by atoms with E-state index in [2.05, 4.69) is 27.4 Å². The summed E-state index contributed by atoms with van der Waals surface area (Å²) in [6.07, 6.45) is 1.70. The summed E-state index contributed by atoms with van der Waals surface area (Å²) >= 11 is 7.40. The molecule has 2 N–H and O–H groups in total. The molecule has 0 radical (unpaired) electrons. The second-order valence-electron chi connectivity index (χ2n) is 8.32. The number of halogens is 1. The molecule has 2 aromatic carbocycles. The van der Waals surface area contributed by atoms with Crippen LogP contribution in [-0.4, -0.2) is 45.4 Å². The second kappa shape index (κ2) is 13.1. The second-order valence-corrected chi connectivity index (χ2v) is 9.67. The van der Waals surface area contributed by atoms with Gasteiger partial charge in [-0.15, -0.1) is 16.8 Å². The first kappa shape index (κ1) is 27.9. The summed E-state index contributed by atoms with van der Waals surface area (Å²) in [6.45, 7) is 8.13. The van der Waals surface area contributed by atoms with E-state index in [1.165, 1.54) is 18.9 Å². The lowest BCUT2D eigenvalue weighted by atomic mass is 10.0. The van der Waals surface area contributed by atoms with Gasteiger partial charge in [0, 0.05) is 12.2 Å². The first-order valence-electron chi connectivity index (χ1n) is 11.5. The average molecular weight is 542 g/mol. The first-order valence-corrected chi connectivity index (χ1v) is 12.8. The Morgan fingerprint density at radius 1 is 1.16 bits per heavy atom. The molecule has 0 saturated carbocycles. The van der Waals surface area contributed by atoms with Crippen LogP contribution in [0, 0.1) is 5.92 Å². The Bertz CT molecular complexity index is 1290. The third-order valence-corrected chi connectivity index (χ3v) is 6.60.